The van der Waals surface area contributed by atoms with Crippen LogP contribution < -0.4 is 19.1 Å². The van der Waals surface area contributed by atoms with Gasteiger partial charge in [0.2, 0.25) is 11.8 Å². The molecule has 1 aliphatic heterocycles. The van der Waals surface area contributed by atoms with Gasteiger partial charge in [-0.2, -0.15) is 0 Å². The zero-order valence-electron chi connectivity index (χ0n) is 21.0. The summed E-state index contributed by atoms with van der Waals surface area (Å²) in [5.74, 6) is -0.922. The number of likely N-dealkylation sites (N-methyl/N-ethyl adjacent to an activating group) is 1. The maximum Gasteiger partial charge on any atom is 0.264 e. The van der Waals surface area contributed by atoms with Gasteiger partial charge in [0.25, 0.3) is 10.0 Å². The van der Waals surface area contributed by atoms with Crippen LogP contribution in [0.3, 0.4) is 0 Å². The van der Waals surface area contributed by atoms with Crippen molar-refractivity contribution < 1.29 is 31.9 Å². The number of nitrogens with zero attached hydrogens (tertiary/aromatic N) is 2. The number of ether oxygens (including phenoxy) is 2. The highest BCUT2D eigenvalue weighted by molar-refractivity contribution is 7.92. The molecule has 11 heteroatoms. The topological polar surface area (TPSA) is 105 Å². The first kappa shape index (κ1) is 26.9. The molecule has 38 heavy (non-hydrogen) atoms. The van der Waals surface area contributed by atoms with E-state index in [1.165, 1.54) is 56.4 Å². The number of benzene rings is 3. The summed E-state index contributed by atoms with van der Waals surface area (Å²) in [6.45, 7) is 1.27. The van der Waals surface area contributed by atoms with Crippen LogP contribution in [-0.4, -0.2) is 58.0 Å². The van der Waals surface area contributed by atoms with E-state index in [4.69, 9.17) is 9.47 Å². The van der Waals surface area contributed by atoms with E-state index in [2.05, 4.69) is 5.32 Å². The highest BCUT2D eigenvalue weighted by Gasteiger charge is 2.33. The van der Waals surface area contributed by atoms with Gasteiger partial charge in [0.1, 0.15) is 31.6 Å². The molecule has 2 amide bonds. The second-order valence-electron chi connectivity index (χ2n) is 8.56. The van der Waals surface area contributed by atoms with Crippen LogP contribution in [0.15, 0.2) is 77.7 Å². The molecule has 200 valence electrons. The van der Waals surface area contributed by atoms with Crippen LogP contribution in [0.4, 0.5) is 10.1 Å². The molecule has 0 saturated carbocycles. The molecule has 0 saturated heterocycles. The Morgan fingerprint density at radius 2 is 1.63 bits per heavy atom. The second kappa shape index (κ2) is 11.5. The number of carbonyl (C=O) groups excluding carboxylic acids is 2. The predicted octanol–water partition coefficient (Wildman–Crippen LogP) is 2.96. The third-order valence-corrected chi connectivity index (χ3v) is 7.92. The lowest BCUT2D eigenvalue weighted by Crippen LogP contribution is -2.50. The standard InChI is InChI=1S/C27H28FN3O6S/c1-19(27(33)29-2)30(17-20-8-6-7-11-23(20)28)26(32)18-31(38(34,35)22-9-4-3-5-10-22)21-12-13-24-25(16-21)37-15-14-36-24/h3-13,16,19H,14-15,17-18H2,1-2H3,(H,29,33). The summed E-state index contributed by atoms with van der Waals surface area (Å²) in [4.78, 5) is 27.4. The van der Waals surface area contributed by atoms with Crippen molar-refractivity contribution >= 4 is 27.5 Å². The van der Waals surface area contributed by atoms with Gasteiger partial charge in [0, 0.05) is 25.2 Å². The average Bonchev–Trinajstić information content (AvgIpc) is 2.94. The van der Waals surface area contributed by atoms with Gasteiger partial charge in [0.05, 0.1) is 10.6 Å². The van der Waals surface area contributed by atoms with Gasteiger partial charge in [0.15, 0.2) is 11.5 Å². The fraction of sp³-hybridized carbons (Fsp3) is 0.259. The van der Waals surface area contributed by atoms with Crippen LogP contribution >= 0.6 is 0 Å². The quantitative estimate of drug-likeness (QED) is 0.447. The third kappa shape index (κ3) is 5.72. The van der Waals surface area contributed by atoms with Crippen LogP contribution in [0.1, 0.15) is 12.5 Å². The molecule has 0 fully saturated rings. The first-order valence-corrected chi connectivity index (χ1v) is 13.4. The van der Waals surface area contributed by atoms with Crippen LogP contribution in [0.5, 0.6) is 11.5 Å². The fourth-order valence-electron chi connectivity index (χ4n) is 4.04. The highest BCUT2D eigenvalue weighted by Crippen LogP contribution is 2.36. The lowest BCUT2D eigenvalue weighted by molar-refractivity contribution is -0.139. The van der Waals surface area contributed by atoms with Gasteiger partial charge in [-0.25, -0.2) is 12.8 Å². The number of hydrogen-bond acceptors (Lipinski definition) is 6. The van der Waals surface area contributed by atoms with Crippen molar-refractivity contribution in [2.75, 3.05) is 31.1 Å². The number of sulfonamides is 1. The van der Waals surface area contributed by atoms with Crippen molar-refractivity contribution in [2.45, 2.75) is 24.4 Å². The summed E-state index contributed by atoms with van der Waals surface area (Å²) in [6.07, 6.45) is 0. The maximum atomic E-state index is 14.5. The number of anilines is 1. The zero-order chi connectivity index (χ0) is 27.3. The van der Waals surface area contributed by atoms with E-state index in [1.54, 1.807) is 30.3 Å². The minimum Gasteiger partial charge on any atom is -0.486 e. The Labute approximate surface area is 220 Å². The van der Waals surface area contributed by atoms with Crippen LogP contribution in [0.25, 0.3) is 0 Å². The van der Waals surface area contributed by atoms with E-state index in [1.807, 2.05) is 0 Å². The van der Waals surface area contributed by atoms with Crippen molar-refractivity contribution in [3.63, 3.8) is 0 Å². The lowest BCUT2D eigenvalue weighted by Gasteiger charge is -2.32. The zero-order valence-corrected chi connectivity index (χ0v) is 21.8. The van der Waals surface area contributed by atoms with Gasteiger partial charge >= 0.3 is 0 Å². The molecule has 0 bridgehead atoms. The summed E-state index contributed by atoms with van der Waals surface area (Å²) < 4.78 is 54.2. The molecule has 1 N–H and O–H groups in total. The van der Waals surface area contributed by atoms with Crippen molar-refractivity contribution in [3.8, 4) is 11.5 Å². The first-order valence-electron chi connectivity index (χ1n) is 11.9. The van der Waals surface area contributed by atoms with Gasteiger partial charge in [-0.05, 0) is 37.3 Å². The number of fused-ring (bicyclic) bond motifs is 1. The molecule has 1 unspecified atom stereocenters. The molecular weight excluding hydrogens is 513 g/mol. The molecule has 1 atom stereocenters. The van der Waals surface area contributed by atoms with Crippen molar-refractivity contribution in [1.29, 1.82) is 0 Å². The molecule has 4 rings (SSSR count). The van der Waals surface area contributed by atoms with Crippen molar-refractivity contribution in [1.82, 2.24) is 10.2 Å². The maximum absolute atomic E-state index is 14.5. The Morgan fingerprint density at radius 3 is 2.32 bits per heavy atom. The third-order valence-electron chi connectivity index (χ3n) is 6.14. The van der Waals surface area contributed by atoms with E-state index in [-0.39, 0.29) is 22.7 Å². The molecule has 1 heterocycles. The van der Waals surface area contributed by atoms with E-state index in [0.29, 0.717) is 24.7 Å². The molecule has 9 nitrogen and oxygen atoms in total. The Kier molecular flexibility index (Phi) is 8.16. The minimum atomic E-state index is -4.23. The molecule has 0 radical (unpaired) electrons. The SMILES string of the molecule is CNC(=O)C(C)N(Cc1ccccc1F)C(=O)CN(c1ccc2c(c1)OCCO2)S(=O)(=O)c1ccccc1. The molecule has 0 aromatic heterocycles. The van der Waals surface area contributed by atoms with Gasteiger partial charge < -0.3 is 19.7 Å². The fourth-order valence-corrected chi connectivity index (χ4v) is 5.46. The summed E-state index contributed by atoms with van der Waals surface area (Å²) in [6, 6.07) is 17.2. The van der Waals surface area contributed by atoms with E-state index in [0.717, 1.165) is 9.21 Å². The molecular formula is C27H28FN3O6S. The lowest BCUT2D eigenvalue weighted by atomic mass is 10.1. The van der Waals surface area contributed by atoms with E-state index < -0.39 is 40.2 Å². The monoisotopic (exact) mass is 541 g/mol. The largest absolute Gasteiger partial charge is 0.486 e. The van der Waals surface area contributed by atoms with Crippen molar-refractivity contribution in [3.05, 3.63) is 84.2 Å². The van der Waals surface area contributed by atoms with Crippen LogP contribution in [-0.2, 0) is 26.2 Å². The van der Waals surface area contributed by atoms with E-state index >= 15 is 0 Å². The number of halogens is 1. The minimum absolute atomic E-state index is 0.0253. The number of hydrogen-bond donors (Lipinski definition) is 1. The summed E-state index contributed by atoms with van der Waals surface area (Å²) in [7, 11) is -2.80. The highest BCUT2D eigenvalue weighted by atomic mass is 32.2. The second-order valence-corrected chi connectivity index (χ2v) is 10.4. The van der Waals surface area contributed by atoms with Crippen LogP contribution in [0, 0.1) is 5.82 Å². The van der Waals surface area contributed by atoms with Crippen LogP contribution in [0.2, 0.25) is 0 Å². The number of rotatable bonds is 9. The normalized spacial score (nSPS) is 13.3. The average molecular weight is 542 g/mol. The first-order chi connectivity index (χ1) is 18.2. The molecule has 0 spiro atoms. The number of amides is 2. The van der Waals surface area contributed by atoms with Gasteiger partial charge in [-0.1, -0.05) is 36.4 Å². The Hall–Kier alpha value is -4.12. The predicted molar refractivity (Wildman–Crippen MR) is 139 cm³/mol. The molecule has 3 aromatic rings. The number of nitrogens with one attached hydrogen (secondary N) is 1. The summed E-state index contributed by atoms with van der Waals surface area (Å²) in [5.41, 5.74) is 0.360. The molecule has 1 aliphatic rings. The Bertz CT molecular complexity index is 1420. The van der Waals surface area contributed by atoms with Crippen molar-refractivity contribution in [2.24, 2.45) is 0 Å². The van der Waals surface area contributed by atoms with Gasteiger partial charge in [-0.3, -0.25) is 13.9 Å². The summed E-state index contributed by atoms with van der Waals surface area (Å²) in [5, 5.41) is 2.49. The molecule has 3 aromatic carbocycles. The summed E-state index contributed by atoms with van der Waals surface area (Å²) >= 11 is 0. The van der Waals surface area contributed by atoms with Gasteiger partial charge in [-0.15, -0.1) is 0 Å². The Balaban J connectivity index is 1.74. The van der Waals surface area contributed by atoms with E-state index in [9.17, 15) is 22.4 Å². The molecule has 0 aliphatic carbocycles. The number of carbonyl (C=O) groups is 2. The Morgan fingerprint density at radius 1 is 0.974 bits per heavy atom. The smallest absolute Gasteiger partial charge is 0.264 e.